The lowest BCUT2D eigenvalue weighted by Gasteiger charge is -2.36. The highest BCUT2D eigenvalue weighted by atomic mass is 19.1. The molecule has 2 aromatic carbocycles. The minimum absolute atomic E-state index is 0.0961. The van der Waals surface area contributed by atoms with Crippen molar-refractivity contribution in [1.82, 2.24) is 9.36 Å². The highest BCUT2D eigenvalue weighted by molar-refractivity contribution is 5.94. The number of rotatable bonds is 4. The van der Waals surface area contributed by atoms with Crippen molar-refractivity contribution in [1.29, 1.82) is 0 Å². The van der Waals surface area contributed by atoms with E-state index >= 15 is 0 Å². The number of fused-ring (bicyclic) bond motifs is 1. The second kappa shape index (κ2) is 7.82. The maximum atomic E-state index is 13.6. The average Bonchev–Trinajstić information content (AvgIpc) is 2.94. The van der Waals surface area contributed by atoms with E-state index in [2.05, 4.69) is 12.2 Å². The zero-order valence-corrected chi connectivity index (χ0v) is 17.4. The number of hydrogen-bond acceptors (Lipinski definition) is 3. The van der Waals surface area contributed by atoms with Crippen LogP contribution in [0.3, 0.4) is 0 Å². The molecule has 7 heteroatoms. The van der Waals surface area contributed by atoms with Gasteiger partial charge in [-0.05, 0) is 62.6 Å². The topological polar surface area (TPSA) is 59.3 Å². The van der Waals surface area contributed by atoms with E-state index in [1.165, 1.54) is 16.8 Å². The van der Waals surface area contributed by atoms with Crippen molar-refractivity contribution in [3.8, 4) is 5.69 Å². The van der Waals surface area contributed by atoms with Crippen molar-refractivity contribution in [2.75, 3.05) is 16.8 Å². The third kappa shape index (κ3) is 3.51. The molecule has 0 spiro atoms. The molecule has 0 fully saturated rings. The molecule has 2 heterocycles. The Hall–Kier alpha value is -3.35. The number of hydrogen-bond donors (Lipinski definition) is 1. The molecular weight excluding hydrogens is 383 g/mol. The zero-order chi connectivity index (χ0) is 21.4. The first-order chi connectivity index (χ1) is 14.4. The number of nitrogens with zero attached hydrogens (tertiary/aromatic N) is 3. The van der Waals surface area contributed by atoms with E-state index in [4.69, 9.17) is 0 Å². The van der Waals surface area contributed by atoms with Crippen molar-refractivity contribution in [2.24, 2.45) is 7.05 Å². The van der Waals surface area contributed by atoms with E-state index in [9.17, 15) is 14.0 Å². The Bertz CT molecular complexity index is 1150. The summed E-state index contributed by atoms with van der Waals surface area (Å²) < 4.78 is 16.9. The predicted octanol–water partition coefficient (Wildman–Crippen LogP) is 3.40. The Labute approximate surface area is 174 Å². The van der Waals surface area contributed by atoms with Crippen molar-refractivity contribution in [3.63, 3.8) is 0 Å². The summed E-state index contributed by atoms with van der Waals surface area (Å²) in [4.78, 5) is 27.9. The summed E-state index contributed by atoms with van der Waals surface area (Å²) in [7, 11) is 1.79. The third-order valence-corrected chi connectivity index (χ3v) is 5.85. The SMILES string of the molecule is Cc1c(NC(=O)CN2c3ccc(F)cc3CCC2C)c(=O)n(-c2ccccc2)n1C. The zero-order valence-electron chi connectivity index (χ0n) is 17.4. The molecule has 1 N–H and O–H groups in total. The van der Waals surface area contributed by atoms with E-state index in [1.54, 1.807) is 24.7 Å². The van der Waals surface area contributed by atoms with Gasteiger partial charge in [-0.2, -0.15) is 0 Å². The van der Waals surface area contributed by atoms with Crippen LogP contribution in [0.1, 0.15) is 24.6 Å². The first-order valence-electron chi connectivity index (χ1n) is 10.1. The molecule has 3 aromatic rings. The van der Waals surface area contributed by atoms with Gasteiger partial charge in [-0.15, -0.1) is 0 Å². The Morgan fingerprint density at radius 2 is 1.93 bits per heavy atom. The van der Waals surface area contributed by atoms with Crippen LogP contribution in [-0.4, -0.2) is 27.9 Å². The van der Waals surface area contributed by atoms with Gasteiger partial charge in [-0.3, -0.25) is 14.3 Å². The summed E-state index contributed by atoms with van der Waals surface area (Å²) in [5.41, 5.74) is 3.18. The van der Waals surface area contributed by atoms with Crippen LogP contribution in [0.5, 0.6) is 0 Å². The molecule has 30 heavy (non-hydrogen) atoms. The highest BCUT2D eigenvalue weighted by Crippen LogP contribution is 2.31. The van der Waals surface area contributed by atoms with Gasteiger partial charge in [0.1, 0.15) is 11.5 Å². The van der Waals surface area contributed by atoms with E-state index < -0.39 is 0 Å². The monoisotopic (exact) mass is 408 g/mol. The molecule has 0 radical (unpaired) electrons. The molecule has 1 aliphatic heterocycles. The summed E-state index contributed by atoms with van der Waals surface area (Å²) in [6.45, 7) is 3.95. The van der Waals surface area contributed by atoms with Crippen LogP contribution in [0.25, 0.3) is 5.69 Å². The van der Waals surface area contributed by atoms with Crippen LogP contribution in [0.15, 0.2) is 53.3 Å². The molecule has 1 amide bonds. The van der Waals surface area contributed by atoms with Crippen LogP contribution >= 0.6 is 0 Å². The molecule has 4 rings (SSSR count). The molecule has 1 aromatic heterocycles. The standard InChI is InChI=1S/C23H25FN4O2/c1-15-9-10-17-13-18(24)11-12-20(17)27(15)14-21(29)25-22-16(2)26(3)28(23(22)30)19-7-5-4-6-8-19/h4-8,11-13,15H,9-10,14H2,1-3H3,(H,25,29). The molecule has 0 saturated heterocycles. The summed E-state index contributed by atoms with van der Waals surface area (Å²) in [5, 5.41) is 2.81. The number of aryl methyl sites for hydroxylation is 1. The Morgan fingerprint density at radius 3 is 2.67 bits per heavy atom. The van der Waals surface area contributed by atoms with Crippen LogP contribution < -0.4 is 15.8 Å². The Morgan fingerprint density at radius 1 is 1.20 bits per heavy atom. The van der Waals surface area contributed by atoms with E-state index in [1.807, 2.05) is 35.2 Å². The van der Waals surface area contributed by atoms with Crippen LogP contribution in [-0.2, 0) is 18.3 Å². The number of carbonyl (C=O) groups is 1. The van der Waals surface area contributed by atoms with Gasteiger partial charge >= 0.3 is 0 Å². The molecule has 156 valence electrons. The van der Waals surface area contributed by atoms with Gasteiger partial charge in [0, 0.05) is 18.8 Å². The number of benzene rings is 2. The smallest absolute Gasteiger partial charge is 0.295 e. The maximum Gasteiger partial charge on any atom is 0.295 e. The lowest BCUT2D eigenvalue weighted by atomic mass is 9.96. The fourth-order valence-corrected chi connectivity index (χ4v) is 4.08. The van der Waals surface area contributed by atoms with Crippen molar-refractivity contribution < 1.29 is 9.18 Å². The molecule has 0 aliphatic carbocycles. The van der Waals surface area contributed by atoms with Crippen molar-refractivity contribution in [3.05, 3.63) is 76.0 Å². The number of amides is 1. The lowest BCUT2D eigenvalue weighted by molar-refractivity contribution is -0.115. The number of anilines is 2. The van der Waals surface area contributed by atoms with Crippen molar-refractivity contribution in [2.45, 2.75) is 32.7 Å². The summed E-state index contributed by atoms with van der Waals surface area (Å²) in [6.07, 6.45) is 1.63. The van der Waals surface area contributed by atoms with Crippen LogP contribution in [0, 0.1) is 12.7 Å². The minimum atomic E-state index is -0.274. The molecule has 0 saturated carbocycles. The largest absolute Gasteiger partial charge is 0.359 e. The van der Waals surface area contributed by atoms with Gasteiger partial charge in [-0.25, -0.2) is 9.07 Å². The fraction of sp³-hybridized carbons (Fsp3) is 0.304. The van der Waals surface area contributed by atoms with E-state index in [-0.39, 0.29) is 35.6 Å². The predicted molar refractivity (Wildman–Crippen MR) is 116 cm³/mol. The van der Waals surface area contributed by atoms with Crippen LogP contribution in [0.2, 0.25) is 0 Å². The van der Waals surface area contributed by atoms with Gasteiger partial charge in [0.2, 0.25) is 5.91 Å². The highest BCUT2D eigenvalue weighted by Gasteiger charge is 2.26. The summed E-state index contributed by atoms with van der Waals surface area (Å²) >= 11 is 0. The van der Waals surface area contributed by atoms with Gasteiger partial charge in [0.15, 0.2) is 0 Å². The minimum Gasteiger partial charge on any atom is -0.359 e. The van der Waals surface area contributed by atoms with Gasteiger partial charge in [0.05, 0.1) is 17.9 Å². The Kier molecular flexibility index (Phi) is 5.20. The number of halogens is 1. The summed E-state index contributed by atoms with van der Waals surface area (Å²) in [5.74, 6) is -0.542. The quantitative estimate of drug-likeness (QED) is 0.720. The average molecular weight is 408 g/mol. The van der Waals surface area contributed by atoms with E-state index in [0.29, 0.717) is 5.69 Å². The molecular formula is C23H25FN4O2. The number of para-hydroxylation sites is 1. The first kappa shape index (κ1) is 19.9. The second-order valence-corrected chi connectivity index (χ2v) is 7.77. The number of aromatic nitrogens is 2. The molecule has 0 bridgehead atoms. The number of nitrogens with one attached hydrogen (secondary N) is 1. The number of carbonyl (C=O) groups excluding carboxylic acids is 1. The van der Waals surface area contributed by atoms with Gasteiger partial charge in [0.25, 0.3) is 5.56 Å². The first-order valence-corrected chi connectivity index (χ1v) is 10.1. The van der Waals surface area contributed by atoms with Gasteiger partial charge < -0.3 is 10.2 Å². The second-order valence-electron chi connectivity index (χ2n) is 7.77. The normalized spacial score (nSPS) is 15.7. The maximum absolute atomic E-state index is 13.6. The Balaban J connectivity index is 1.59. The fourth-order valence-electron chi connectivity index (χ4n) is 4.08. The molecule has 1 aliphatic rings. The van der Waals surface area contributed by atoms with Crippen molar-refractivity contribution >= 4 is 17.3 Å². The van der Waals surface area contributed by atoms with E-state index in [0.717, 1.165) is 29.8 Å². The third-order valence-electron chi connectivity index (χ3n) is 5.85. The lowest BCUT2D eigenvalue weighted by Crippen LogP contribution is -2.43. The molecule has 1 atom stereocenters. The molecule has 1 unspecified atom stereocenters. The molecule has 6 nitrogen and oxygen atoms in total. The van der Waals surface area contributed by atoms with Crippen LogP contribution in [0.4, 0.5) is 15.8 Å². The van der Waals surface area contributed by atoms with Gasteiger partial charge in [-0.1, -0.05) is 18.2 Å². The summed E-state index contributed by atoms with van der Waals surface area (Å²) in [6, 6.07) is 14.1.